The van der Waals surface area contributed by atoms with Gasteiger partial charge in [-0.15, -0.1) is 0 Å². The zero-order chi connectivity index (χ0) is 11.3. The van der Waals surface area contributed by atoms with Crippen LogP contribution < -0.4 is 4.74 Å². The van der Waals surface area contributed by atoms with Crippen LogP contribution in [0.3, 0.4) is 0 Å². The van der Waals surface area contributed by atoms with Crippen molar-refractivity contribution in [2.24, 2.45) is 0 Å². The number of hydrogen-bond acceptors (Lipinski definition) is 4. The van der Waals surface area contributed by atoms with Gasteiger partial charge in [0.2, 0.25) is 5.88 Å². The Kier molecular flexibility index (Phi) is 4.05. The normalized spacial score (nSPS) is 12.1. The van der Waals surface area contributed by atoms with Gasteiger partial charge in [0, 0.05) is 19.4 Å². The van der Waals surface area contributed by atoms with E-state index in [1.165, 1.54) is 18.3 Å². The lowest BCUT2D eigenvalue weighted by Gasteiger charge is -2.12. The highest BCUT2D eigenvalue weighted by atomic mass is 16.5. The van der Waals surface area contributed by atoms with Gasteiger partial charge in [-0.1, -0.05) is 0 Å². The predicted octanol–water partition coefficient (Wildman–Crippen LogP) is 1.19. The molecule has 0 radical (unpaired) electrons. The number of rotatable bonds is 5. The average molecular weight is 211 g/mol. The lowest BCUT2D eigenvalue weighted by Crippen LogP contribution is -2.18. The lowest BCUT2D eigenvalue weighted by atomic mass is 10.3. The number of ether oxygens (including phenoxy) is 2. The minimum Gasteiger partial charge on any atom is -0.478 e. The zero-order valence-corrected chi connectivity index (χ0v) is 8.64. The molecule has 1 atom stereocenters. The summed E-state index contributed by atoms with van der Waals surface area (Å²) in [6.45, 7) is 2.25. The molecule has 1 aromatic heterocycles. The number of methoxy groups -OCH3 is 1. The fourth-order valence-corrected chi connectivity index (χ4v) is 1.08. The van der Waals surface area contributed by atoms with Gasteiger partial charge in [0.05, 0.1) is 12.2 Å². The first-order chi connectivity index (χ1) is 7.13. The predicted molar refractivity (Wildman–Crippen MR) is 53.2 cm³/mol. The maximum atomic E-state index is 10.7. The third kappa shape index (κ3) is 3.55. The molecular weight excluding hydrogens is 198 g/mol. The number of nitrogens with zero attached hydrogens (tertiary/aromatic N) is 1. The Bertz CT molecular complexity index is 340. The highest BCUT2D eigenvalue weighted by Crippen LogP contribution is 2.11. The van der Waals surface area contributed by atoms with E-state index in [0.29, 0.717) is 12.5 Å². The van der Waals surface area contributed by atoms with Gasteiger partial charge in [-0.3, -0.25) is 0 Å². The van der Waals surface area contributed by atoms with E-state index in [2.05, 4.69) is 4.98 Å². The van der Waals surface area contributed by atoms with Crippen LogP contribution >= 0.6 is 0 Å². The standard InChI is InChI=1S/C10H13NO4/c1-7(6-14-2)15-9-5-8(10(12)13)3-4-11-9/h3-5,7H,6H2,1-2H3,(H,12,13). The monoisotopic (exact) mass is 211 g/mol. The summed E-state index contributed by atoms with van der Waals surface area (Å²) in [5, 5.41) is 8.74. The van der Waals surface area contributed by atoms with Gasteiger partial charge in [0.25, 0.3) is 0 Å². The summed E-state index contributed by atoms with van der Waals surface area (Å²) in [6, 6.07) is 2.80. The molecule has 0 aliphatic carbocycles. The number of carboxylic acids is 1. The average Bonchev–Trinajstić information content (AvgIpc) is 2.18. The van der Waals surface area contributed by atoms with Crippen molar-refractivity contribution in [2.45, 2.75) is 13.0 Å². The summed E-state index contributed by atoms with van der Waals surface area (Å²) >= 11 is 0. The van der Waals surface area contributed by atoms with Crippen molar-refractivity contribution in [1.29, 1.82) is 0 Å². The van der Waals surface area contributed by atoms with Gasteiger partial charge in [-0.25, -0.2) is 9.78 Å². The number of pyridine rings is 1. The number of carbonyl (C=O) groups is 1. The molecule has 0 aliphatic rings. The van der Waals surface area contributed by atoms with Crippen LogP contribution in [0.4, 0.5) is 0 Å². The molecule has 1 rings (SSSR count). The van der Waals surface area contributed by atoms with Gasteiger partial charge >= 0.3 is 5.97 Å². The van der Waals surface area contributed by atoms with E-state index >= 15 is 0 Å². The molecule has 1 heterocycles. The molecule has 0 aliphatic heterocycles. The summed E-state index contributed by atoms with van der Waals surface area (Å²) in [4.78, 5) is 14.6. The van der Waals surface area contributed by atoms with Gasteiger partial charge in [0.1, 0.15) is 6.10 Å². The van der Waals surface area contributed by atoms with Crippen molar-refractivity contribution in [3.8, 4) is 5.88 Å². The highest BCUT2D eigenvalue weighted by Gasteiger charge is 2.08. The van der Waals surface area contributed by atoms with Gasteiger partial charge in [-0.05, 0) is 13.0 Å². The second-order valence-corrected chi connectivity index (χ2v) is 3.07. The number of hydrogen-bond donors (Lipinski definition) is 1. The van der Waals surface area contributed by atoms with E-state index < -0.39 is 5.97 Å². The van der Waals surface area contributed by atoms with Crippen LogP contribution in [0.15, 0.2) is 18.3 Å². The lowest BCUT2D eigenvalue weighted by molar-refractivity contribution is 0.0693. The molecule has 0 amide bonds. The molecule has 5 nitrogen and oxygen atoms in total. The van der Waals surface area contributed by atoms with Gasteiger partial charge in [0.15, 0.2) is 0 Å². The smallest absolute Gasteiger partial charge is 0.335 e. The molecule has 1 N–H and O–H groups in total. The minimum absolute atomic E-state index is 0.157. The molecular formula is C10H13NO4. The Morgan fingerprint density at radius 3 is 3.00 bits per heavy atom. The number of carboxylic acid groups (broad SMARTS) is 1. The molecule has 1 aromatic rings. The first kappa shape index (κ1) is 11.5. The zero-order valence-electron chi connectivity index (χ0n) is 8.64. The van der Waals surface area contributed by atoms with Crippen LogP contribution in [-0.2, 0) is 4.74 Å². The highest BCUT2D eigenvalue weighted by molar-refractivity contribution is 5.87. The molecule has 82 valence electrons. The fraction of sp³-hybridized carbons (Fsp3) is 0.400. The molecule has 1 unspecified atom stereocenters. The van der Waals surface area contributed by atoms with Crippen molar-refractivity contribution < 1.29 is 19.4 Å². The fourth-order valence-electron chi connectivity index (χ4n) is 1.08. The molecule has 0 saturated heterocycles. The number of aromatic nitrogens is 1. The van der Waals surface area contributed by atoms with Crippen molar-refractivity contribution in [3.05, 3.63) is 23.9 Å². The van der Waals surface area contributed by atoms with Crippen LogP contribution in [-0.4, -0.2) is 35.9 Å². The van der Waals surface area contributed by atoms with Crippen LogP contribution in [0.25, 0.3) is 0 Å². The van der Waals surface area contributed by atoms with Gasteiger partial charge < -0.3 is 14.6 Å². The Morgan fingerprint density at radius 1 is 1.67 bits per heavy atom. The van der Waals surface area contributed by atoms with E-state index in [4.69, 9.17) is 14.6 Å². The van der Waals surface area contributed by atoms with Crippen molar-refractivity contribution in [3.63, 3.8) is 0 Å². The van der Waals surface area contributed by atoms with Crippen LogP contribution in [0.5, 0.6) is 5.88 Å². The van der Waals surface area contributed by atoms with Crippen LogP contribution in [0.1, 0.15) is 17.3 Å². The number of aromatic carboxylic acids is 1. The molecule has 0 spiro atoms. The van der Waals surface area contributed by atoms with E-state index in [1.54, 1.807) is 7.11 Å². The third-order valence-corrected chi connectivity index (χ3v) is 1.71. The Morgan fingerprint density at radius 2 is 2.40 bits per heavy atom. The largest absolute Gasteiger partial charge is 0.478 e. The summed E-state index contributed by atoms with van der Waals surface area (Å²) in [5.74, 6) is -0.707. The van der Waals surface area contributed by atoms with Crippen LogP contribution in [0.2, 0.25) is 0 Å². The SMILES string of the molecule is COCC(C)Oc1cc(C(=O)O)ccn1. The Labute approximate surface area is 87.7 Å². The minimum atomic E-state index is -0.998. The second kappa shape index (κ2) is 5.31. The summed E-state index contributed by atoms with van der Waals surface area (Å²) in [5.41, 5.74) is 0.157. The quantitative estimate of drug-likeness (QED) is 0.792. The summed E-state index contributed by atoms with van der Waals surface area (Å²) in [6.07, 6.45) is 1.24. The van der Waals surface area contributed by atoms with E-state index in [9.17, 15) is 4.79 Å². The molecule has 0 bridgehead atoms. The van der Waals surface area contributed by atoms with Crippen LogP contribution in [0, 0.1) is 0 Å². The first-order valence-corrected chi connectivity index (χ1v) is 4.48. The van der Waals surface area contributed by atoms with Crippen molar-refractivity contribution in [1.82, 2.24) is 4.98 Å². The summed E-state index contributed by atoms with van der Waals surface area (Å²) < 4.78 is 10.2. The maximum absolute atomic E-state index is 10.7. The Hall–Kier alpha value is -1.62. The van der Waals surface area contributed by atoms with Crippen molar-refractivity contribution >= 4 is 5.97 Å². The summed E-state index contributed by atoms with van der Waals surface area (Å²) in [7, 11) is 1.57. The molecule has 15 heavy (non-hydrogen) atoms. The third-order valence-electron chi connectivity index (χ3n) is 1.71. The molecule has 0 saturated carbocycles. The molecule has 5 heteroatoms. The Balaban J connectivity index is 2.69. The van der Waals surface area contributed by atoms with E-state index in [0.717, 1.165) is 0 Å². The second-order valence-electron chi connectivity index (χ2n) is 3.07. The first-order valence-electron chi connectivity index (χ1n) is 4.48. The maximum Gasteiger partial charge on any atom is 0.335 e. The molecule has 0 aromatic carbocycles. The molecule has 0 fully saturated rings. The van der Waals surface area contributed by atoms with E-state index in [1.807, 2.05) is 6.92 Å². The topological polar surface area (TPSA) is 68.7 Å². The van der Waals surface area contributed by atoms with Gasteiger partial charge in [-0.2, -0.15) is 0 Å². The van der Waals surface area contributed by atoms with Crippen molar-refractivity contribution in [2.75, 3.05) is 13.7 Å². The van der Waals surface area contributed by atoms with E-state index in [-0.39, 0.29) is 11.7 Å².